The average Bonchev–Trinajstić information content (AvgIpc) is 2.45. The Labute approximate surface area is 115 Å². The summed E-state index contributed by atoms with van der Waals surface area (Å²) in [7, 11) is 1.24. The number of carbonyl (C=O) groups excluding carboxylic acids is 2. The number of nitrogens with one attached hydrogen (secondary N) is 1. The van der Waals surface area contributed by atoms with Crippen molar-refractivity contribution in [1.82, 2.24) is 0 Å². The number of allylic oxidation sites excluding steroid dienone is 3. The summed E-state index contributed by atoms with van der Waals surface area (Å²) in [5.74, 6) is 0.634. The largest absolute Gasteiger partial charge is 0.464 e. The van der Waals surface area contributed by atoms with Gasteiger partial charge < -0.3 is 10.1 Å². The summed E-state index contributed by atoms with van der Waals surface area (Å²) >= 11 is 0. The van der Waals surface area contributed by atoms with Gasteiger partial charge in [0.25, 0.3) is 0 Å². The normalized spacial score (nSPS) is 12.7. The van der Waals surface area contributed by atoms with Crippen LogP contribution < -0.4 is 5.32 Å². The topological polar surface area (TPSA) is 55.4 Å². The van der Waals surface area contributed by atoms with Gasteiger partial charge in [0, 0.05) is 5.56 Å². The Kier molecular flexibility index (Phi) is 3.82. The number of hydrogen-bond acceptors (Lipinski definition) is 4. The highest BCUT2D eigenvalue weighted by Crippen LogP contribution is 2.34. The molecule has 0 saturated heterocycles. The number of carbonyl (C=O) groups is 1. The lowest BCUT2D eigenvalue weighted by Crippen LogP contribution is -2.18. The van der Waals surface area contributed by atoms with Crippen LogP contribution in [-0.4, -0.2) is 19.0 Å². The standard InChI is InChI=1S/C15H12FNO3/c1-3-4-9-5-11(16)7-12-10(8-18)6-13(15(19)20-2)17-14(9)12/h3,5-7,17H,1,4H2,2H3. The van der Waals surface area contributed by atoms with Gasteiger partial charge in [-0.05, 0) is 30.2 Å². The molecule has 5 heteroatoms. The van der Waals surface area contributed by atoms with E-state index in [9.17, 15) is 14.0 Å². The second-order valence-corrected chi connectivity index (χ2v) is 4.17. The molecule has 0 radical (unpaired) electrons. The molecule has 0 spiro atoms. The minimum atomic E-state index is -0.614. The summed E-state index contributed by atoms with van der Waals surface area (Å²) < 4.78 is 18.2. The van der Waals surface area contributed by atoms with E-state index < -0.39 is 11.8 Å². The number of esters is 1. The molecule has 0 unspecified atom stereocenters. The number of fused-ring (bicyclic) bond motifs is 1. The van der Waals surface area contributed by atoms with Gasteiger partial charge in [-0.15, -0.1) is 6.58 Å². The fourth-order valence-electron chi connectivity index (χ4n) is 2.04. The first-order valence-corrected chi connectivity index (χ1v) is 5.86. The summed E-state index contributed by atoms with van der Waals surface area (Å²) in [4.78, 5) is 22.6. The van der Waals surface area contributed by atoms with Crippen LogP contribution in [0, 0.1) is 5.82 Å². The lowest BCUT2D eigenvalue weighted by Gasteiger charge is -2.21. The van der Waals surface area contributed by atoms with E-state index >= 15 is 0 Å². The molecule has 1 aliphatic heterocycles. The van der Waals surface area contributed by atoms with Crippen molar-refractivity contribution in [2.24, 2.45) is 0 Å². The number of halogens is 1. The predicted molar refractivity (Wildman–Crippen MR) is 73.1 cm³/mol. The van der Waals surface area contributed by atoms with Crippen LogP contribution in [-0.2, 0) is 20.7 Å². The van der Waals surface area contributed by atoms with Gasteiger partial charge in [-0.1, -0.05) is 6.08 Å². The van der Waals surface area contributed by atoms with Crippen molar-refractivity contribution in [3.63, 3.8) is 0 Å². The van der Waals surface area contributed by atoms with E-state index in [0.29, 0.717) is 23.2 Å². The Morgan fingerprint density at radius 3 is 2.90 bits per heavy atom. The molecule has 0 saturated carbocycles. The van der Waals surface area contributed by atoms with Crippen molar-refractivity contribution < 1.29 is 18.7 Å². The van der Waals surface area contributed by atoms with Gasteiger partial charge in [0.15, 0.2) is 0 Å². The van der Waals surface area contributed by atoms with Gasteiger partial charge in [-0.2, -0.15) is 0 Å². The second kappa shape index (κ2) is 5.55. The molecule has 0 bridgehead atoms. The Bertz CT molecular complexity index is 670. The zero-order valence-electron chi connectivity index (χ0n) is 10.8. The smallest absolute Gasteiger partial charge is 0.354 e. The van der Waals surface area contributed by atoms with Gasteiger partial charge in [-0.25, -0.2) is 14.0 Å². The van der Waals surface area contributed by atoms with Gasteiger partial charge in [-0.3, -0.25) is 0 Å². The van der Waals surface area contributed by atoms with Crippen LogP contribution in [0.5, 0.6) is 0 Å². The molecular weight excluding hydrogens is 261 g/mol. The van der Waals surface area contributed by atoms with E-state index in [1.807, 2.05) is 0 Å². The van der Waals surface area contributed by atoms with Gasteiger partial charge in [0.05, 0.1) is 18.4 Å². The van der Waals surface area contributed by atoms with E-state index in [-0.39, 0.29) is 11.3 Å². The van der Waals surface area contributed by atoms with Crippen molar-refractivity contribution in [2.75, 3.05) is 12.4 Å². The van der Waals surface area contributed by atoms with Crippen LogP contribution in [0.3, 0.4) is 0 Å². The van der Waals surface area contributed by atoms with E-state index in [0.717, 1.165) is 0 Å². The number of anilines is 1. The average molecular weight is 273 g/mol. The number of ether oxygens (including phenoxy) is 1. The summed E-state index contributed by atoms with van der Waals surface area (Å²) in [6.07, 6.45) is 3.29. The SMILES string of the molecule is C=CCc1cc(F)cc2c1NC(C(=O)OC)=CC2=C=O. The summed E-state index contributed by atoms with van der Waals surface area (Å²) in [6, 6.07) is 2.55. The first-order valence-electron chi connectivity index (χ1n) is 5.86. The number of hydrogen-bond donors (Lipinski definition) is 1. The second-order valence-electron chi connectivity index (χ2n) is 4.17. The third-order valence-corrected chi connectivity index (χ3v) is 2.90. The molecule has 0 atom stereocenters. The molecule has 1 N–H and O–H groups in total. The summed E-state index contributed by atoms with van der Waals surface area (Å²) in [5.41, 5.74) is 1.66. The molecule has 102 valence electrons. The number of methoxy groups -OCH3 is 1. The molecule has 1 heterocycles. The first-order chi connectivity index (χ1) is 9.60. The lowest BCUT2D eigenvalue weighted by atomic mass is 9.95. The van der Waals surface area contributed by atoms with Crippen LogP contribution in [0.25, 0.3) is 5.57 Å². The minimum Gasteiger partial charge on any atom is -0.464 e. The van der Waals surface area contributed by atoms with Crippen LogP contribution in [0.2, 0.25) is 0 Å². The molecule has 20 heavy (non-hydrogen) atoms. The van der Waals surface area contributed by atoms with Crippen molar-refractivity contribution in [3.8, 4) is 0 Å². The first kappa shape index (κ1) is 13.8. The highest BCUT2D eigenvalue weighted by Gasteiger charge is 2.23. The lowest BCUT2D eigenvalue weighted by molar-refractivity contribution is -0.135. The monoisotopic (exact) mass is 273 g/mol. The summed E-state index contributed by atoms with van der Waals surface area (Å²) in [5, 5.41) is 2.86. The third-order valence-electron chi connectivity index (χ3n) is 2.90. The molecule has 1 aliphatic rings. The van der Waals surface area contributed by atoms with E-state index in [1.165, 1.54) is 25.3 Å². The molecule has 0 aromatic heterocycles. The Hall–Kier alpha value is -2.65. The zero-order chi connectivity index (χ0) is 14.7. The molecule has 1 aromatic carbocycles. The fraction of sp³-hybridized carbons (Fsp3) is 0.133. The predicted octanol–water partition coefficient (Wildman–Crippen LogP) is 2.25. The van der Waals surface area contributed by atoms with Crippen LogP contribution in [0.15, 0.2) is 36.6 Å². The molecule has 0 amide bonds. The number of benzene rings is 1. The third kappa shape index (κ3) is 2.39. The van der Waals surface area contributed by atoms with E-state index in [4.69, 9.17) is 0 Å². The zero-order valence-corrected chi connectivity index (χ0v) is 10.8. The highest BCUT2D eigenvalue weighted by molar-refractivity contribution is 6.06. The van der Waals surface area contributed by atoms with E-state index in [2.05, 4.69) is 16.6 Å². The molecule has 2 rings (SSSR count). The molecule has 4 nitrogen and oxygen atoms in total. The van der Waals surface area contributed by atoms with Gasteiger partial charge >= 0.3 is 5.97 Å². The maximum Gasteiger partial charge on any atom is 0.354 e. The van der Waals surface area contributed by atoms with E-state index in [1.54, 1.807) is 12.0 Å². The molecule has 1 aromatic rings. The maximum absolute atomic E-state index is 13.6. The highest BCUT2D eigenvalue weighted by atomic mass is 19.1. The van der Waals surface area contributed by atoms with Crippen LogP contribution >= 0.6 is 0 Å². The fourth-order valence-corrected chi connectivity index (χ4v) is 2.04. The van der Waals surface area contributed by atoms with Crippen molar-refractivity contribution in [2.45, 2.75) is 6.42 Å². The Morgan fingerprint density at radius 2 is 2.30 bits per heavy atom. The number of rotatable bonds is 3. The van der Waals surface area contributed by atoms with Crippen molar-refractivity contribution in [3.05, 3.63) is 53.5 Å². The quantitative estimate of drug-likeness (QED) is 0.521. The molecular formula is C15H12FNO3. The van der Waals surface area contributed by atoms with Crippen LogP contribution in [0.1, 0.15) is 11.1 Å². The molecule has 0 fully saturated rings. The van der Waals surface area contributed by atoms with Crippen LogP contribution in [0.4, 0.5) is 10.1 Å². The summed E-state index contributed by atoms with van der Waals surface area (Å²) in [6.45, 7) is 3.60. The van der Waals surface area contributed by atoms with Crippen molar-refractivity contribution in [1.29, 1.82) is 0 Å². The molecule has 0 aliphatic carbocycles. The Morgan fingerprint density at radius 1 is 1.55 bits per heavy atom. The Balaban J connectivity index is 2.62. The van der Waals surface area contributed by atoms with Crippen molar-refractivity contribution >= 4 is 23.2 Å². The maximum atomic E-state index is 13.6. The minimum absolute atomic E-state index is 0.101. The van der Waals surface area contributed by atoms with Gasteiger partial charge in [0.2, 0.25) is 0 Å². The van der Waals surface area contributed by atoms with Gasteiger partial charge in [0.1, 0.15) is 17.5 Å².